The largest absolute Gasteiger partial charge is 0.478 e. The van der Waals surface area contributed by atoms with Crippen molar-refractivity contribution >= 4 is 11.8 Å². The number of carboxylic acids is 1. The predicted molar refractivity (Wildman–Crippen MR) is 89.5 cm³/mol. The molecule has 0 saturated carbocycles. The molecule has 5 nitrogen and oxygen atoms in total. The van der Waals surface area contributed by atoms with Gasteiger partial charge in [-0.25, -0.2) is 4.79 Å². The zero-order chi connectivity index (χ0) is 17.9. The number of carbonyl (C=O) groups is 2. The van der Waals surface area contributed by atoms with Crippen molar-refractivity contribution in [1.82, 2.24) is 0 Å². The van der Waals surface area contributed by atoms with Crippen molar-refractivity contribution in [3.63, 3.8) is 0 Å². The number of aromatic carboxylic acids is 1. The van der Waals surface area contributed by atoms with Gasteiger partial charge in [0.2, 0.25) is 0 Å². The average Bonchev–Trinajstić information content (AvgIpc) is 2.51. The summed E-state index contributed by atoms with van der Waals surface area (Å²) in [5.41, 5.74) is 0.533. The summed E-state index contributed by atoms with van der Waals surface area (Å²) in [4.78, 5) is 34.9. The van der Waals surface area contributed by atoms with Gasteiger partial charge in [0.1, 0.15) is 5.60 Å². The summed E-state index contributed by atoms with van der Waals surface area (Å²) in [6.45, 7) is 7.22. The number of carboxylic acid groups (broad SMARTS) is 1. The maximum Gasteiger partial charge on any atom is 0.336 e. The standard InChI is InChI=1S/C19H20O5/c1-12-7-5-8-13(11-12)17(20)16-14(18(21)22)9-6-10-15(16)23-24-19(2,3)4/h5-11H,1-4H3,(H,21,22). The number of ketones is 1. The summed E-state index contributed by atoms with van der Waals surface area (Å²) in [5, 5.41) is 9.42. The second kappa shape index (κ2) is 6.84. The summed E-state index contributed by atoms with van der Waals surface area (Å²) < 4.78 is 0. The van der Waals surface area contributed by atoms with Crippen LogP contribution in [0.15, 0.2) is 42.5 Å². The first-order valence-corrected chi connectivity index (χ1v) is 7.52. The van der Waals surface area contributed by atoms with Crippen LogP contribution in [0, 0.1) is 6.92 Å². The number of hydrogen-bond donors (Lipinski definition) is 1. The van der Waals surface area contributed by atoms with E-state index in [1.165, 1.54) is 18.2 Å². The zero-order valence-corrected chi connectivity index (χ0v) is 14.1. The van der Waals surface area contributed by atoms with Crippen LogP contribution < -0.4 is 4.89 Å². The van der Waals surface area contributed by atoms with Crippen LogP contribution in [0.3, 0.4) is 0 Å². The summed E-state index contributed by atoms with van der Waals surface area (Å²) in [5.74, 6) is -1.55. The third kappa shape index (κ3) is 4.20. The van der Waals surface area contributed by atoms with Gasteiger partial charge in [-0.1, -0.05) is 29.8 Å². The fourth-order valence-electron chi connectivity index (χ4n) is 2.11. The summed E-state index contributed by atoms with van der Waals surface area (Å²) in [6, 6.07) is 11.4. The molecule has 0 heterocycles. The lowest BCUT2D eigenvalue weighted by Gasteiger charge is -2.19. The normalized spacial score (nSPS) is 11.2. The molecule has 24 heavy (non-hydrogen) atoms. The van der Waals surface area contributed by atoms with E-state index in [0.29, 0.717) is 5.56 Å². The molecule has 0 aliphatic heterocycles. The van der Waals surface area contributed by atoms with E-state index in [1.807, 2.05) is 13.0 Å². The number of rotatable bonds is 5. The molecule has 0 radical (unpaired) electrons. The Kier molecular flexibility index (Phi) is 5.04. The predicted octanol–water partition coefficient (Wildman–Crippen LogP) is 4.03. The molecule has 0 amide bonds. The van der Waals surface area contributed by atoms with Gasteiger partial charge in [-0.3, -0.25) is 4.79 Å². The van der Waals surface area contributed by atoms with Crippen molar-refractivity contribution < 1.29 is 24.5 Å². The Balaban J connectivity index is 2.52. The van der Waals surface area contributed by atoms with Crippen molar-refractivity contribution in [3.8, 4) is 5.75 Å². The van der Waals surface area contributed by atoms with Crippen molar-refractivity contribution in [2.45, 2.75) is 33.3 Å². The lowest BCUT2D eigenvalue weighted by atomic mass is 9.96. The molecule has 0 unspecified atom stereocenters. The van der Waals surface area contributed by atoms with Crippen LogP contribution in [-0.4, -0.2) is 22.5 Å². The molecule has 2 aromatic carbocycles. The highest BCUT2D eigenvalue weighted by atomic mass is 17.2. The zero-order valence-electron chi connectivity index (χ0n) is 14.1. The Morgan fingerprint density at radius 2 is 1.71 bits per heavy atom. The molecule has 0 atom stereocenters. The number of carbonyl (C=O) groups excluding carboxylic acids is 1. The van der Waals surface area contributed by atoms with E-state index >= 15 is 0 Å². The second-order valence-corrected chi connectivity index (χ2v) is 6.46. The molecule has 5 heteroatoms. The van der Waals surface area contributed by atoms with Crippen molar-refractivity contribution in [3.05, 3.63) is 64.7 Å². The quantitative estimate of drug-likeness (QED) is 0.509. The van der Waals surface area contributed by atoms with Gasteiger partial charge in [-0.05, 0) is 45.9 Å². The smallest absolute Gasteiger partial charge is 0.336 e. The van der Waals surface area contributed by atoms with Crippen molar-refractivity contribution in [1.29, 1.82) is 0 Å². The van der Waals surface area contributed by atoms with E-state index in [4.69, 9.17) is 9.78 Å². The van der Waals surface area contributed by atoms with Gasteiger partial charge >= 0.3 is 5.97 Å². The van der Waals surface area contributed by atoms with Gasteiger partial charge in [0.15, 0.2) is 11.5 Å². The second-order valence-electron chi connectivity index (χ2n) is 6.46. The highest BCUT2D eigenvalue weighted by Crippen LogP contribution is 2.27. The molecule has 1 N–H and O–H groups in total. The fraction of sp³-hybridized carbons (Fsp3) is 0.263. The molecule has 0 fully saturated rings. The molecule has 0 aliphatic carbocycles. The van der Waals surface area contributed by atoms with E-state index < -0.39 is 17.4 Å². The van der Waals surface area contributed by atoms with Gasteiger partial charge in [-0.2, -0.15) is 4.89 Å². The molecule has 0 spiro atoms. The number of hydrogen-bond acceptors (Lipinski definition) is 4. The monoisotopic (exact) mass is 328 g/mol. The maximum atomic E-state index is 12.9. The summed E-state index contributed by atoms with van der Waals surface area (Å²) in [6.07, 6.45) is 0. The Morgan fingerprint density at radius 1 is 1.04 bits per heavy atom. The average molecular weight is 328 g/mol. The lowest BCUT2D eigenvalue weighted by molar-refractivity contribution is -0.274. The van der Waals surface area contributed by atoms with Crippen LogP contribution in [0.4, 0.5) is 0 Å². The third-order valence-electron chi connectivity index (χ3n) is 3.15. The molecule has 126 valence electrons. The van der Waals surface area contributed by atoms with Crippen LogP contribution in [0.25, 0.3) is 0 Å². The molecular formula is C19H20O5. The van der Waals surface area contributed by atoms with Crippen LogP contribution in [-0.2, 0) is 4.89 Å². The molecule has 0 aliphatic rings. The molecule has 0 saturated heterocycles. The Bertz CT molecular complexity index is 772. The van der Waals surface area contributed by atoms with E-state index in [0.717, 1.165) is 5.56 Å². The Hall–Kier alpha value is -2.66. The Labute approximate surface area is 140 Å². The minimum Gasteiger partial charge on any atom is -0.478 e. The lowest BCUT2D eigenvalue weighted by Crippen LogP contribution is -2.22. The summed E-state index contributed by atoms with van der Waals surface area (Å²) in [7, 11) is 0. The number of benzene rings is 2. The molecule has 0 bridgehead atoms. The highest BCUT2D eigenvalue weighted by molar-refractivity contribution is 6.16. The Morgan fingerprint density at radius 3 is 2.29 bits per heavy atom. The molecule has 0 aromatic heterocycles. The topological polar surface area (TPSA) is 72.8 Å². The first-order chi connectivity index (χ1) is 11.2. The highest BCUT2D eigenvalue weighted by Gasteiger charge is 2.24. The van der Waals surface area contributed by atoms with Crippen LogP contribution in [0.1, 0.15) is 52.6 Å². The van der Waals surface area contributed by atoms with Crippen molar-refractivity contribution in [2.75, 3.05) is 0 Å². The van der Waals surface area contributed by atoms with Crippen LogP contribution in [0.5, 0.6) is 5.75 Å². The van der Waals surface area contributed by atoms with E-state index in [2.05, 4.69) is 0 Å². The maximum absolute atomic E-state index is 12.9. The van der Waals surface area contributed by atoms with Gasteiger partial charge in [0, 0.05) is 5.56 Å². The van der Waals surface area contributed by atoms with Gasteiger partial charge in [0.25, 0.3) is 0 Å². The van der Waals surface area contributed by atoms with Gasteiger partial charge in [-0.15, -0.1) is 0 Å². The van der Waals surface area contributed by atoms with E-state index in [1.54, 1.807) is 39.0 Å². The van der Waals surface area contributed by atoms with Gasteiger partial charge in [0.05, 0.1) is 11.1 Å². The SMILES string of the molecule is Cc1cccc(C(=O)c2c(OOC(C)(C)C)cccc2C(=O)O)c1. The third-order valence-corrected chi connectivity index (χ3v) is 3.15. The van der Waals surface area contributed by atoms with Crippen molar-refractivity contribution in [2.24, 2.45) is 0 Å². The van der Waals surface area contributed by atoms with Crippen LogP contribution >= 0.6 is 0 Å². The van der Waals surface area contributed by atoms with Gasteiger partial charge < -0.3 is 9.99 Å². The fourth-order valence-corrected chi connectivity index (χ4v) is 2.11. The summed E-state index contributed by atoms with van der Waals surface area (Å²) >= 11 is 0. The molecule has 2 rings (SSSR count). The van der Waals surface area contributed by atoms with E-state index in [-0.39, 0.29) is 16.9 Å². The molecule has 2 aromatic rings. The number of aryl methyl sites for hydroxylation is 1. The van der Waals surface area contributed by atoms with E-state index in [9.17, 15) is 14.7 Å². The molecular weight excluding hydrogens is 308 g/mol. The minimum atomic E-state index is -1.20. The van der Waals surface area contributed by atoms with Crippen LogP contribution in [0.2, 0.25) is 0 Å². The first-order valence-electron chi connectivity index (χ1n) is 7.52. The first kappa shape index (κ1) is 17.7. The minimum absolute atomic E-state index is 0.0279.